The minimum Gasteiger partial charge on any atom is -0.494 e. The molecule has 0 bridgehead atoms. The van der Waals surface area contributed by atoms with Gasteiger partial charge in [0.2, 0.25) is 0 Å². The summed E-state index contributed by atoms with van der Waals surface area (Å²) in [7, 11) is 5.62. The number of hydrogen-bond donors (Lipinski definition) is 0. The van der Waals surface area contributed by atoms with Gasteiger partial charge in [0.25, 0.3) is 5.91 Å². The third kappa shape index (κ3) is 4.56. The van der Waals surface area contributed by atoms with Crippen molar-refractivity contribution in [1.29, 1.82) is 0 Å². The number of nitrogens with zero attached hydrogens (tertiary/aromatic N) is 3. The van der Waals surface area contributed by atoms with E-state index >= 15 is 0 Å². The van der Waals surface area contributed by atoms with Crippen LogP contribution in [0.4, 0.5) is 5.13 Å². The number of benzene rings is 2. The third-order valence-corrected chi connectivity index (χ3v) is 6.10. The summed E-state index contributed by atoms with van der Waals surface area (Å²) in [5, 5.41) is 1.47. The number of hydrogen-bond acceptors (Lipinski definition) is 7. The molecule has 1 amide bonds. The first-order valence-corrected chi connectivity index (χ1v) is 11.4. The van der Waals surface area contributed by atoms with Crippen LogP contribution in [0.25, 0.3) is 21.2 Å². The number of methoxy groups -OCH3 is 1. The number of carbonyl (C=O) groups excluding carboxylic acids is 1. The van der Waals surface area contributed by atoms with Gasteiger partial charge in [-0.2, -0.15) is 0 Å². The van der Waals surface area contributed by atoms with E-state index in [4.69, 9.17) is 18.9 Å². The van der Waals surface area contributed by atoms with Gasteiger partial charge in [-0.25, -0.2) is 4.98 Å². The van der Waals surface area contributed by atoms with Gasteiger partial charge in [-0.05, 0) is 64.3 Å². The van der Waals surface area contributed by atoms with Crippen molar-refractivity contribution < 1.29 is 18.7 Å². The van der Waals surface area contributed by atoms with Gasteiger partial charge >= 0.3 is 0 Å². The van der Waals surface area contributed by atoms with E-state index in [1.807, 2.05) is 57.4 Å². The first kappa shape index (κ1) is 22.1. The maximum Gasteiger partial charge on any atom is 0.295 e. The molecule has 0 spiro atoms. The van der Waals surface area contributed by atoms with Crippen molar-refractivity contribution in [3.05, 3.63) is 48.2 Å². The first-order valence-electron chi connectivity index (χ1n) is 10.6. The van der Waals surface area contributed by atoms with E-state index in [1.54, 1.807) is 18.1 Å². The summed E-state index contributed by atoms with van der Waals surface area (Å²) in [6.45, 7) is 3.94. The van der Waals surface area contributed by atoms with E-state index in [2.05, 4.69) is 4.90 Å². The number of furan rings is 1. The number of thiazole rings is 1. The normalized spacial score (nSPS) is 11.4. The molecule has 0 saturated carbocycles. The van der Waals surface area contributed by atoms with Gasteiger partial charge in [-0.3, -0.25) is 9.69 Å². The summed E-state index contributed by atoms with van der Waals surface area (Å²) < 4.78 is 17.9. The number of aromatic nitrogens is 1. The molecular formula is C24H27N3O4S. The number of para-hydroxylation sites is 1. The summed E-state index contributed by atoms with van der Waals surface area (Å²) >= 11 is 1.48. The van der Waals surface area contributed by atoms with E-state index in [-0.39, 0.29) is 11.7 Å². The van der Waals surface area contributed by atoms with E-state index in [0.717, 1.165) is 34.3 Å². The number of carbonyl (C=O) groups is 1. The lowest BCUT2D eigenvalue weighted by Gasteiger charge is -2.19. The Hall–Kier alpha value is -3.10. The van der Waals surface area contributed by atoms with E-state index in [9.17, 15) is 4.79 Å². The Kier molecular flexibility index (Phi) is 6.62. The second-order valence-corrected chi connectivity index (χ2v) is 8.67. The predicted molar refractivity (Wildman–Crippen MR) is 128 cm³/mol. The molecule has 4 rings (SSSR count). The van der Waals surface area contributed by atoms with Crippen LogP contribution in [0.1, 0.15) is 23.9 Å². The molecular weight excluding hydrogens is 426 g/mol. The number of fused-ring (bicyclic) bond motifs is 2. The lowest BCUT2D eigenvalue weighted by Crippen LogP contribution is -2.33. The molecule has 0 unspecified atom stereocenters. The molecule has 168 valence electrons. The number of amides is 1. The van der Waals surface area contributed by atoms with Crippen LogP contribution in [0, 0.1) is 0 Å². The minimum absolute atomic E-state index is 0.217. The molecule has 0 aliphatic heterocycles. The van der Waals surface area contributed by atoms with Crippen LogP contribution in [-0.4, -0.2) is 56.7 Å². The lowest BCUT2D eigenvalue weighted by molar-refractivity contribution is 0.0961. The molecule has 0 N–H and O–H groups in total. The highest BCUT2D eigenvalue weighted by Gasteiger charge is 2.25. The summed E-state index contributed by atoms with van der Waals surface area (Å²) in [6, 6.07) is 13.2. The van der Waals surface area contributed by atoms with Crippen LogP contribution in [0.5, 0.6) is 11.5 Å². The fourth-order valence-electron chi connectivity index (χ4n) is 3.53. The van der Waals surface area contributed by atoms with E-state index in [1.165, 1.54) is 11.3 Å². The number of ether oxygens (including phenoxy) is 2. The molecule has 7 nitrogen and oxygen atoms in total. The average Bonchev–Trinajstić information content (AvgIpc) is 3.40. The van der Waals surface area contributed by atoms with Gasteiger partial charge in [0, 0.05) is 11.9 Å². The van der Waals surface area contributed by atoms with E-state index < -0.39 is 0 Å². The van der Waals surface area contributed by atoms with E-state index in [0.29, 0.717) is 29.6 Å². The van der Waals surface area contributed by atoms with Crippen molar-refractivity contribution >= 4 is 43.6 Å². The number of rotatable bonds is 9. The van der Waals surface area contributed by atoms with Crippen LogP contribution in [-0.2, 0) is 0 Å². The first-order chi connectivity index (χ1) is 15.5. The Morgan fingerprint density at radius 3 is 2.75 bits per heavy atom. The molecule has 0 aliphatic rings. The van der Waals surface area contributed by atoms with Crippen molar-refractivity contribution in [2.45, 2.75) is 13.3 Å². The molecule has 32 heavy (non-hydrogen) atoms. The second-order valence-electron chi connectivity index (χ2n) is 7.66. The maximum atomic E-state index is 13.6. The molecule has 2 aromatic heterocycles. The summed E-state index contributed by atoms with van der Waals surface area (Å²) in [6.07, 6.45) is 0.808. The fourth-order valence-corrected chi connectivity index (χ4v) is 4.55. The molecule has 0 aliphatic carbocycles. The zero-order valence-electron chi connectivity index (χ0n) is 18.8. The van der Waals surface area contributed by atoms with Crippen molar-refractivity contribution in [3.63, 3.8) is 0 Å². The van der Waals surface area contributed by atoms with Gasteiger partial charge in [0.1, 0.15) is 5.75 Å². The largest absolute Gasteiger partial charge is 0.494 e. The molecule has 0 saturated heterocycles. The Morgan fingerprint density at radius 2 is 2.00 bits per heavy atom. The van der Waals surface area contributed by atoms with Crippen LogP contribution >= 0.6 is 11.3 Å². The topological polar surface area (TPSA) is 68.0 Å². The highest BCUT2D eigenvalue weighted by molar-refractivity contribution is 7.22. The van der Waals surface area contributed by atoms with Gasteiger partial charge in [-0.1, -0.05) is 23.5 Å². The third-order valence-electron chi connectivity index (χ3n) is 5.06. The van der Waals surface area contributed by atoms with Crippen molar-refractivity contribution in [3.8, 4) is 11.5 Å². The van der Waals surface area contributed by atoms with Gasteiger partial charge in [-0.15, -0.1) is 0 Å². The van der Waals surface area contributed by atoms with Crippen molar-refractivity contribution in [2.75, 3.05) is 45.8 Å². The SMILES string of the molecule is CCOc1ccc2nc(N(CCCN(C)C)C(=O)c3cc4cccc(OC)c4o3)sc2c1. The molecule has 8 heteroatoms. The second kappa shape index (κ2) is 9.58. The summed E-state index contributed by atoms with van der Waals surface area (Å²) in [5.74, 6) is 1.45. The standard InChI is InChI=1S/C24H27N3O4S/c1-5-30-17-10-11-18-21(15-17)32-24(25-18)27(13-7-12-26(2)3)23(28)20-14-16-8-6-9-19(29-4)22(16)31-20/h6,8-11,14-15H,5,7,12-13H2,1-4H3. The van der Waals surface area contributed by atoms with Crippen LogP contribution in [0.2, 0.25) is 0 Å². The van der Waals surface area contributed by atoms with Gasteiger partial charge < -0.3 is 18.8 Å². The highest BCUT2D eigenvalue weighted by atomic mass is 32.1. The molecule has 0 fully saturated rings. The van der Waals surface area contributed by atoms with Crippen LogP contribution in [0.3, 0.4) is 0 Å². The fraction of sp³-hybridized carbons (Fsp3) is 0.333. The molecule has 2 aromatic carbocycles. The average molecular weight is 454 g/mol. The quantitative estimate of drug-likeness (QED) is 0.353. The molecule has 0 atom stereocenters. The van der Waals surface area contributed by atoms with Gasteiger partial charge in [0.05, 0.1) is 23.9 Å². The molecule has 4 aromatic rings. The van der Waals surface area contributed by atoms with Crippen molar-refractivity contribution in [2.24, 2.45) is 0 Å². The monoisotopic (exact) mass is 453 g/mol. The zero-order valence-corrected chi connectivity index (χ0v) is 19.6. The van der Waals surface area contributed by atoms with Crippen molar-refractivity contribution in [1.82, 2.24) is 9.88 Å². The zero-order chi connectivity index (χ0) is 22.7. The molecule has 0 radical (unpaired) electrons. The Labute approximate surface area is 191 Å². The summed E-state index contributed by atoms with van der Waals surface area (Å²) in [5.41, 5.74) is 1.40. The smallest absolute Gasteiger partial charge is 0.295 e. The Bertz CT molecular complexity index is 1230. The summed E-state index contributed by atoms with van der Waals surface area (Å²) in [4.78, 5) is 22.1. The predicted octanol–water partition coefficient (Wildman–Crippen LogP) is 5.05. The highest BCUT2D eigenvalue weighted by Crippen LogP contribution is 2.34. The Morgan fingerprint density at radius 1 is 1.16 bits per heavy atom. The lowest BCUT2D eigenvalue weighted by atomic mass is 10.2. The van der Waals surface area contributed by atoms with Crippen LogP contribution in [0.15, 0.2) is 46.9 Å². The molecule has 2 heterocycles. The van der Waals surface area contributed by atoms with Gasteiger partial charge in [0.15, 0.2) is 22.2 Å². The Balaban J connectivity index is 1.70. The number of anilines is 1. The maximum absolute atomic E-state index is 13.6. The minimum atomic E-state index is -0.217. The van der Waals surface area contributed by atoms with Crippen LogP contribution < -0.4 is 14.4 Å².